The Morgan fingerprint density at radius 3 is 2.47 bits per heavy atom. The maximum atomic E-state index is 11.3. The minimum atomic E-state index is -0.129. The van der Waals surface area contributed by atoms with E-state index < -0.39 is 0 Å². The van der Waals surface area contributed by atoms with Gasteiger partial charge in [-0.05, 0) is 55.5 Å². The smallest absolute Gasteiger partial charge is 0.231 e. The van der Waals surface area contributed by atoms with Crippen molar-refractivity contribution in [3.63, 3.8) is 0 Å². The van der Waals surface area contributed by atoms with Crippen molar-refractivity contribution in [1.82, 2.24) is 14.3 Å². The van der Waals surface area contributed by atoms with Crippen molar-refractivity contribution in [2.24, 2.45) is 17.3 Å². The third-order valence-electron chi connectivity index (χ3n) is 5.50. The Hall–Kier alpha value is -4.50. The highest BCUT2D eigenvalue weighted by molar-refractivity contribution is 7.16. The minimum absolute atomic E-state index is 0.129. The van der Waals surface area contributed by atoms with Crippen LogP contribution >= 0.6 is 11.3 Å². The Labute approximate surface area is 211 Å². The van der Waals surface area contributed by atoms with Gasteiger partial charge in [-0.15, -0.1) is 5.10 Å². The van der Waals surface area contributed by atoms with Gasteiger partial charge in [0.1, 0.15) is 5.75 Å². The average Bonchev–Trinajstić information content (AvgIpc) is 3.37. The molecule has 180 valence electrons. The molecule has 5 rings (SSSR count). The lowest BCUT2D eigenvalue weighted by Crippen LogP contribution is -2.08. The molecule has 0 unspecified atom stereocenters. The number of hydrogen-bond donors (Lipinski definition) is 1. The number of aromatic nitrogens is 3. The van der Waals surface area contributed by atoms with Crippen LogP contribution in [0.25, 0.3) is 15.9 Å². The zero-order valence-corrected chi connectivity index (χ0v) is 20.9. The molecule has 0 spiro atoms. The molecule has 0 saturated heterocycles. The molecule has 0 atom stereocenters. The van der Waals surface area contributed by atoms with Crippen molar-refractivity contribution >= 4 is 39.4 Å². The number of ether oxygens (including phenoxy) is 1. The molecule has 1 amide bonds. The van der Waals surface area contributed by atoms with E-state index in [9.17, 15) is 4.79 Å². The van der Waals surface area contributed by atoms with Gasteiger partial charge in [-0.2, -0.15) is 14.9 Å². The fraction of sp³-hybridized carbons (Fsp3) is 0.111. The number of fused-ring (bicyclic) bond motifs is 1. The monoisotopic (exact) mass is 496 g/mol. The van der Waals surface area contributed by atoms with Crippen LogP contribution in [-0.2, 0) is 11.8 Å². The second-order valence-corrected chi connectivity index (χ2v) is 9.12. The maximum Gasteiger partial charge on any atom is 0.231 e. The first-order chi connectivity index (χ1) is 17.5. The number of nitrogens with one attached hydrogen (secondary N) is 1. The molecular formula is C27H24N6O2S. The number of aryl methyl sites for hydroxylation is 2. The number of anilines is 1. The summed E-state index contributed by atoms with van der Waals surface area (Å²) in [4.78, 5) is 12.1. The minimum Gasteiger partial charge on any atom is -0.438 e. The summed E-state index contributed by atoms with van der Waals surface area (Å²) in [6.45, 7) is 3.38. The topological polar surface area (TPSA) is 85.8 Å². The number of para-hydroxylation sites is 2. The highest BCUT2D eigenvalue weighted by atomic mass is 32.1. The summed E-state index contributed by atoms with van der Waals surface area (Å²) >= 11 is 1.58. The maximum absolute atomic E-state index is 11.3. The number of benzene rings is 3. The molecule has 36 heavy (non-hydrogen) atoms. The summed E-state index contributed by atoms with van der Waals surface area (Å²) in [5.74, 6) is 0.991. The van der Waals surface area contributed by atoms with Gasteiger partial charge in [-0.1, -0.05) is 41.7 Å². The first-order valence-electron chi connectivity index (χ1n) is 11.3. The van der Waals surface area contributed by atoms with Crippen LogP contribution in [0.5, 0.6) is 11.6 Å². The summed E-state index contributed by atoms with van der Waals surface area (Å²) in [7, 11) is 1.98. The molecule has 0 saturated carbocycles. The van der Waals surface area contributed by atoms with Crippen molar-refractivity contribution in [3.8, 4) is 17.3 Å². The summed E-state index contributed by atoms with van der Waals surface area (Å²) in [6, 6.07) is 25.1. The Kier molecular flexibility index (Phi) is 6.46. The highest BCUT2D eigenvalue weighted by Gasteiger charge is 2.18. The van der Waals surface area contributed by atoms with Gasteiger partial charge in [0.05, 0.1) is 33.4 Å². The van der Waals surface area contributed by atoms with Crippen molar-refractivity contribution in [1.29, 1.82) is 0 Å². The second-order valence-electron chi connectivity index (χ2n) is 8.12. The molecule has 9 heteroatoms. The lowest BCUT2D eigenvalue weighted by molar-refractivity contribution is -0.114. The summed E-state index contributed by atoms with van der Waals surface area (Å²) in [6.07, 6.45) is 1.67. The number of amides is 1. The predicted molar refractivity (Wildman–Crippen MR) is 143 cm³/mol. The molecule has 1 N–H and O–H groups in total. The van der Waals surface area contributed by atoms with Crippen LogP contribution in [0.4, 0.5) is 5.69 Å². The number of hydrogen-bond acceptors (Lipinski definition) is 6. The Morgan fingerprint density at radius 2 is 1.75 bits per heavy atom. The van der Waals surface area contributed by atoms with Crippen molar-refractivity contribution in [3.05, 3.63) is 94.9 Å². The zero-order valence-electron chi connectivity index (χ0n) is 20.0. The van der Waals surface area contributed by atoms with E-state index in [2.05, 4.69) is 27.7 Å². The van der Waals surface area contributed by atoms with E-state index in [1.54, 1.807) is 46.5 Å². The van der Waals surface area contributed by atoms with Crippen LogP contribution < -0.4 is 14.9 Å². The van der Waals surface area contributed by atoms with Crippen LogP contribution in [0.2, 0.25) is 0 Å². The van der Waals surface area contributed by atoms with Gasteiger partial charge in [0.15, 0.2) is 0 Å². The standard InChI is InChI=1S/C27H24N6O2S/c1-18-23(17-28-30-27-32(3)24-11-7-8-12-25(24)36-27)26(33(31-18)21-9-5-4-6-10-21)35-22-15-13-20(14-16-22)29-19(2)34/h4-17H,1-3H3,(H,29,34)/b28-17+,30-27-. The SMILES string of the molecule is CC(=O)Nc1ccc(Oc2c(/C=N/N=c3\sc4ccccc4n3C)c(C)nn2-c2ccccc2)cc1. The van der Waals surface area contributed by atoms with Gasteiger partial charge in [-0.3, -0.25) is 4.79 Å². The van der Waals surface area contributed by atoms with Crippen LogP contribution in [0, 0.1) is 6.92 Å². The zero-order chi connectivity index (χ0) is 25.1. The molecule has 2 aromatic heterocycles. The highest BCUT2D eigenvalue weighted by Crippen LogP contribution is 2.30. The molecule has 5 aromatic rings. The molecule has 0 aliphatic heterocycles. The van der Waals surface area contributed by atoms with E-state index >= 15 is 0 Å². The third-order valence-corrected chi connectivity index (χ3v) is 6.60. The molecule has 0 aliphatic rings. The lowest BCUT2D eigenvalue weighted by atomic mass is 10.2. The van der Waals surface area contributed by atoms with E-state index in [4.69, 9.17) is 9.84 Å². The van der Waals surface area contributed by atoms with Gasteiger partial charge >= 0.3 is 0 Å². The fourth-order valence-corrected chi connectivity index (χ4v) is 4.72. The number of rotatable bonds is 6. The van der Waals surface area contributed by atoms with Gasteiger partial charge in [0.2, 0.25) is 16.6 Å². The van der Waals surface area contributed by atoms with Crippen molar-refractivity contribution in [2.75, 3.05) is 5.32 Å². The number of carbonyl (C=O) groups is 1. The number of carbonyl (C=O) groups excluding carboxylic acids is 1. The molecule has 2 heterocycles. The normalized spacial score (nSPS) is 11.9. The molecule has 0 fully saturated rings. The predicted octanol–water partition coefficient (Wildman–Crippen LogP) is 5.42. The summed E-state index contributed by atoms with van der Waals surface area (Å²) in [5, 5.41) is 16.3. The van der Waals surface area contributed by atoms with E-state index in [0.29, 0.717) is 17.3 Å². The third kappa shape index (κ3) is 4.82. The van der Waals surface area contributed by atoms with Crippen molar-refractivity contribution in [2.45, 2.75) is 13.8 Å². The van der Waals surface area contributed by atoms with Crippen LogP contribution in [0.15, 0.2) is 89.1 Å². The molecule has 0 radical (unpaired) electrons. The fourth-order valence-electron chi connectivity index (χ4n) is 3.74. The second kappa shape index (κ2) is 10.0. The molecule has 0 bridgehead atoms. The Bertz CT molecular complexity index is 1630. The van der Waals surface area contributed by atoms with Gasteiger partial charge < -0.3 is 14.6 Å². The lowest BCUT2D eigenvalue weighted by Gasteiger charge is -2.11. The van der Waals surface area contributed by atoms with Crippen LogP contribution in [0.1, 0.15) is 18.2 Å². The van der Waals surface area contributed by atoms with Gasteiger partial charge in [0, 0.05) is 19.7 Å². The Balaban J connectivity index is 1.53. The number of thiazole rings is 1. The molecule has 3 aromatic carbocycles. The van der Waals surface area contributed by atoms with E-state index in [0.717, 1.165) is 32.0 Å². The quantitative estimate of drug-likeness (QED) is 0.252. The summed E-state index contributed by atoms with van der Waals surface area (Å²) in [5.41, 5.74) is 4.13. The molecule has 8 nitrogen and oxygen atoms in total. The first-order valence-corrected chi connectivity index (χ1v) is 12.1. The van der Waals surface area contributed by atoms with Crippen molar-refractivity contribution < 1.29 is 9.53 Å². The number of nitrogens with zero attached hydrogens (tertiary/aromatic N) is 5. The largest absolute Gasteiger partial charge is 0.438 e. The average molecular weight is 497 g/mol. The summed E-state index contributed by atoms with van der Waals surface area (Å²) < 4.78 is 11.2. The molecule has 0 aliphatic carbocycles. The van der Waals surface area contributed by atoms with Crippen LogP contribution in [0.3, 0.4) is 0 Å². The first kappa shape index (κ1) is 23.3. The van der Waals surface area contributed by atoms with Crippen LogP contribution in [-0.4, -0.2) is 26.5 Å². The Morgan fingerprint density at radius 1 is 1.03 bits per heavy atom. The van der Waals surface area contributed by atoms with E-state index in [1.165, 1.54) is 6.92 Å². The molecular weight excluding hydrogens is 472 g/mol. The van der Waals surface area contributed by atoms with E-state index in [1.807, 2.05) is 61.0 Å². The van der Waals surface area contributed by atoms with E-state index in [-0.39, 0.29) is 5.91 Å². The van der Waals surface area contributed by atoms with Gasteiger partial charge in [0.25, 0.3) is 0 Å². The van der Waals surface area contributed by atoms with Gasteiger partial charge in [-0.25, -0.2) is 0 Å².